The molecular weight excluding hydrogens is 217 g/mol. The molecule has 1 heterocycles. The molecule has 0 saturated heterocycles. The van der Waals surface area contributed by atoms with Gasteiger partial charge in [0, 0.05) is 0 Å². The Balaban J connectivity index is 2.28. The molecule has 0 radical (unpaired) electrons. The SMILES string of the molecule is NC(c1ccc(F)cc1)c1ccc(Cl)o1. The van der Waals surface area contributed by atoms with Gasteiger partial charge in [0.1, 0.15) is 11.6 Å². The number of rotatable bonds is 2. The van der Waals surface area contributed by atoms with Gasteiger partial charge in [-0.2, -0.15) is 0 Å². The molecule has 1 atom stereocenters. The lowest BCUT2D eigenvalue weighted by atomic mass is 10.1. The Labute approximate surface area is 91.5 Å². The van der Waals surface area contributed by atoms with E-state index in [1.807, 2.05) is 0 Å². The lowest BCUT2D eigenvalue weighted by Gasteiger charge is -2.08. The third-order valence-electron chi connectivity index (χ3n) is 2.13. The van der Waals surface area contributed by atoms with E-state index >= 15 is 0 Å². The van der Waals surface area contributed by atoms with Crippen LogP contribution >= 0.6 is 11.6 Å². The predicted molar refractivity (Wildman–Crippen MR) is 56.1 cm³/mol. The number of benzene rings is 1. The maximum atomic E-state index is 12.7. The average molecular weight is 226 g/mol. The number of hydrogen-bond acceptors (Lipinski definition) is 2. The summed E-state index contributed by atoms with van der Waals surface area (Å²) in [4.78, 5) is 0. The molecule has 4 heteroatoms. The summed E-state index contributed by atoms with van der Waals surface area (Å²) in [7, 11) is 0. The first-order valence-electron chi connectivity index (χ1n) is 4.43. The van der Waals surface area contributed by atoms with E-state index in [1.54, 1.807) is 24.3 Å². The summed E-state index contributed by atoms with van der Waals surface area (Å²) < 4.78 is 17.8. The van der Waals surface area contributed by atoms with Gasteiger partial charge >= 0.3 is 0 Å². The highest BCUT2D eigenvalue weighted by molar-refractivity contribution is 6.28. The normalized spacial score (nSPS) is 12.7. The van der Waals surface area contributed by atoms with Crippen LogP contribution in [0.1, 0.15) is 17.4 Å². The minimum Gasteiger partial charge on any atom is -0.448 e. The van der Waals surface area contributed by atoms with Gasteiger partial charge < -0.3 is 10.2 Å². The van der Waals surface area contributed by atoms with Gasteiger partial charge in [0.05, 0.1) is 6.04 Å². The second-order valence-corrected chi connectivity index (χ2v) is 3.54. The largest absolute Gasteiger partial charge is 0.448 e. The van der Waals surface area contributed by atoms with Gasteiger partial charge in [0.15, 0.2) is 5.22 Å². The van der Waals surface area contributed by atoms with E-state index in [-0.39, 0.29) is 5.82 Å². The molecule has 0 aliphatic rings. The summed E-state index contributed by atoms with van der Waals surface area (Å²) in [5.41, 5.74) is 6.68. The monoisotopic (exact) mass is 225 g/mol. The Morgan fingerprint density at radius 2 is 1.80 bits per heavy atom. The topological polar surface area (TPSA) is 39.2 Å². The summed E-state index contributed by atoms with van der Waals surface area (Å²) in [6.45, 7) is 0. The Kier molecular flexibility index (Phi) is 2.75. The standard InChI is InChI=1S/C11H9ClFNO/c12-10-6-5-9(15-10)11(14)7-1-3-8(13)4-2-7/h1-6,11H,14H2. The van der Waals surface area contributed by atoms with Gasteiger partial charge in [-0.15, -0.1) is 0 Å². The van der Waals surface area contributed by atoms with Crippen LogP contribution in [-0.4, -0.2) is 0 Å². The fraction of sp³-hybridized carbons (Fsp3) is 0.0909. The molecule has 1 aromatic carbocycles. The lowest BCUT2D eigenvalue weighted by Crippen LogP contribution is -2.10. The molecule has 15 heavy (non-hydrogen) atoms. The Morgan fingerprint density at radius 3 is 2.33 bits per heavy atom. The lowest BCUT2D eigenvalue weighted by molar-refractivity contribution is 0.491. The van der Waals surface area contributed by atoms with Crippen molar-refractivity contribution in [3.8, 4) is 0 Å². The summed E-state index contributed by atoms with van der Waals surface area (Å²) in [6.07, 6.45) is 0. The third kappa shape index (κ3) is 2.19. The molecule has 1 aromatic heterocycles. The molecule has 1 unspecified atom stereocenters. The smallest absolute Gasteiger partial charge is 0.193 e. The molecule has 2 nitrogen and oxygen atoms in total. The first-order chi connectivity index (χ1) is 7.16. The van der Waals surface area contributed by atoms with Crippen molar-refractivity contribution in [2.75, 3.05) is 0 Å². The van der Waals surface area contributed by atoms with Gasteiger partial charge in [-0.05, 0) is 41.4 Å². The van der Waals surface area contributed by atoms with Crippen LogP contribution in [0.15, 0.2) is 40.8 Å². The highest BCUT2D eigenvalue weighted by Crippen LogP contribution is 2.23. The molecule has 78 valence electrons. The van der Waals surface area contributed by atoms with Crippen molar-refractivity contribution in [1.82, 2.24) is 0 Å². The van der Waals surface area contributed by atoms with Gasteiger partial charge in [-0.3, -0.25) is 0 Å². The molecule has 2 rings (SSSR count). The molecule has 0 fully saturated rings. The van der Waals surface area contributed by atoms with Crippen molar-refractivity contribution in [1.29, 1.82) is 0 Å². The zero-order valence-electron chi connectivity index (χ0n) is 7.78. The second kappa shape index (κ2) is 4.04. The fourth-order valence-corrected chi connectivity index (χ4v) is 1.48. The van der Waals surface area contributed by atoms with Crippen LogP contribution in [0.4, 0.5) is 4.39 Å². The molecule has 2 aromatic rings. The number of furan rings is 1. The van der Waals surface area contributed by atoms with Gasteiger partial charge in [0.25, 0.3) is 0 Å². The molecule has 0 amide bonds. The van der Waals surface area contributed by atoms with Crippen molar-refractivity contribution in [2.24, 2.45) is 5.73 Å². The molecular formula is C11H9ClFNO. The van der Waals surface area contributed by atoms with Gasteiger partial charge in [-0.25, -0.2) is 4.39 Å². The van der Waals surface area contributed by atoms with Crippen LogP contribution in [0.25, 0.3) is 0 Å². The minimum absolute atomic E-state index is 0.288. The van der Waals surface area contributed by atoms with E-state index in [9.17, 15) is 4.39 Å². The van der Waals surface area contributed by atoms with Crippen molar-refractivity contribution in [3.05, 3.63) is 58.8 Å². The van der Waals surface area contributed by atoms with Gasteiger partial charge in [-0.1, -0.05) is 12.1 Å². The quantitative estimate of drug-likeness (QED) is 0.853. The van der Waals surface area contributed by atoms with E-state index in [1.165, 1.54) is 12.1 Å². The first-order valence-corrected chi connectivity index (χ1v) is 4.81. The first kappa shape index (κ1) is 10.2. The molecule has 0 saturated carbocycles. The highest BCUT2D eigenvalue weighted by atomic mass is 35.5. The van der Waals surface area contributed by atoms with Gasteiger partial charge in [0.2, 0.25) is 0 Å². The second-order valence-electron chi connectivity index (χ2n) is 3.17. The number of hydrogen-bond donors (Lipinski definition) is 1. The Morgan fingerprint density at radius 1 is 1.13 bits per heavy atom. The zero-order valence-corrected chi connectivity index (χ0v) is 8.54. The maximum absolute atomic E-state index is 12.7. The molecule has 0 spiro atoms. The van der Waals surface area contributed by atoms with Crippen molar-refractivity contribution >= 4 is 11.6 Å². The third-order valence-corrected chi connectivity index (χ3v) is 2.33. The zero-order chi connectivity index (χ0) is 10.8. The van der Waals surface area contributed by atoms with E-state index in [0.29, 0.717) is 11.0 Å². The maximum Gasteiger partial charge on any atom is 0.193 e. The molecule has 0 aliphatic carbocycles. The van der Waals surface area contributed by atoms with Crippen LogP contribution in [0.2, 0.25) is 5.22 Å². The van der Waals surface area contributed by atoms with Crippen molar-refractivity contribution < 1.29 is 8.81 Å². The number of nitrogens with two attached hydrogens (primary N) is 1. The van der Waals surface area contributed by atoms with Crippen LogP contribution in [0.5, 0.6) is 0 Å². The Hall–Kier alpha value is -1.32. The van der Waals surface area contributed by atoms with E-state index in [0.717, 1.165) is 5.56 Å². The predicted octanol–water partition coefficient (Wildman–Crippen LogP) is 3.12. The fourth-order valence-electron chi connectivity index (χ4n) is 1.33. The van der Waals surface area contributed by atoms with Crippen LogP contribution in [-0.2, 0) is 0 Å². The summed E-state index contributed by atoms with van der Waals surface area (Å²) >= 11 is 5.63. The molecule has 0 aliphatic heterocycles. The molecule has 2 N–H and O–H groups in total. The van der Waals surface area contributed by atoms with Crippen molar-refractivity contribution in [3.63, 3.8) is 0 Å². The average Bonchev–Trinajstić information content (AvgIpc) is 2.65. The van der Waals surface area contributed by atoms with Crippen molar-refractivity contribution in [2.45, 2.75) is 6.04 Å². The summed E-state index contributed by atoms with van der Waals surface area (Å²) in [5.74, 6) is 0.273. The molecule has 0 bridgehead atoms. The Bertz CT molecular complexity index is 452. The van der Waals surface area contributed by atoms with E-state index in [4.69, 9.17) is 21.8 Å². The van der Waals surface area contributed by atoms with E-state index < -0.39 is 6.04 Å². The minimum atomic E-state index is -0.418. The van der Waals surface area contributed by atoms with Crippen LogP contribution in [0, 0.1) is 5.82 Å². The highest BCUT2D eigenvalue weighted by Gasteiger charge is 2.12. The van der Waals surface area contributed by atoms with E-state index in [2.05, 4.69) is 0 Å². The summed E-state index contributed by atoms with van der Waals surface area (Å²) in [5, 5.41) is 0.294. The van der Waals surface area contributed by atoms with Crippen LogP contribution in [0.3, 0.4) is 0 Å². The number of halogens is 2. The van der Waals surface area contributed by atoms with Crippen LogP contribution < -0.4 is 5.73 Å². The summed E-state index contributed by atoms with van der Waals surface area (Å²) in [6, 6.07) is 8.88.